The topological polar surface area (TPSA) is 54.5 Å². The summed E-state index contributed by atoms with van der Waals surface area (Å²) in [6.07, 6.45) is 3.83. The van der Waals surface area contributed by atoms with Gasteiger partial charge in [0.25, 0.3) is 0 Å². The Morgan fingerprint density at radius 2 is 1.54 bits per heavy atom. The van der Waals surface area contributed by atoms with Crippen molar-refractivity contribution < 1.29 is 14.2 Å². The van der Waals surface area contributed by atoms with Gasteiger partial charge in [-0.1, -0.05) is 60.7 Å². The van der Waals surface area contributed by atoms with Crippen molar-refractivity contribution in [1.82, 2.24) is 0 Å². The molecule has 0 spiro atoms. The number of anilines is 1. The van der Waals surface area contributed by atoms with E-state index >= 15 is 0 Å². The van der Waals surface area contributed by atoms with Gasteiger partial charge in [0.2, 0.25) is 11.8 Å². The van der Waals surface area contributed by atoms with E-state index in [9.17, 15) is 14.2 Å². The van der Waals surface area contributed by atoms with Crippen molar-refractivity contribution in [3.05, 3.63) is 72.8 Å². The molecule has 5 unspecified atom stereocenters. The van der Waals surface area contributed by atoms with E-state index in [-0.39, 0.29) is 11.8 Å². The Bertz CT molecular complexity index is 1000. The predicted octanol–water partition coefficient (Wildman–Crippen LogP) is 3.19. The van der Waals surface area contributed by atoms with Crippen LogP contribution in [0.1, 0.15) is 6.92 Å². The van der Waals surface area contributed by atoms with Crippen molar-refractivity contribution in [2.24, 2.45) is 11.8 Å². The van der Waals surface area contributed by atoms with Gasteiger partial charge in [-0.05, 0) is 19.1 Å². The molecule has 0 aliphatic carbocycles. The van der Waals surface area contributed by atoms with Crippen LogP contribution in [-0.2, 0) is 14.2 Å². The molecule has 130 valence electrons. The number of hydrogen-bond acceptors (Lipinski definition) is 3. The average molecular weight is 363 g/mol. The summed E-state index contributed by atoms with van der Waals surface area (Å²) in [5, 5.41) is -0.0429. The maximum atomic E-state index is 14.2. The Morgan fingerprint density at radius 3 is 2.15 bits per heavy atom. The van der Waals surface area contributed by atoms with Crippen molar-refractivity contribution in [3.63, 3.8) is 0 Å². The van der Waals surface area contributed by atoms with Crippen LogP contribution < -0.4 is 10.2 Å². The van der Waals surface area contributed by atoms with Gasteiger partial charge >= 0.3 is 0 Å². The molecule has 0 aromatic heterocycles. The summed E-state index contributed by atoms with van der Waals surface area (Å²) in [7, 11) is -2.96. The van der Waals surface area contributed by atoms with E-state index in [1.807, 2.05) is 67.6 Å². The van der Waals surface area contributed by atoms with E-state index in [1.54, 1.807) is 12.1 Å². The second-order valence-electron chi connectivity index (χ2n) is 7.42. The van der Waals surface area contributed by atoms with Crippen LogP contribution in [0, 0.1) is 11.8 Å². The zero-order valence-corrected chi connectivity index (χ0v) is 15.2. The van der Waals surface area contributed by atoms with Gasteiger partial charge in [0, 0.05) is 11.0 Å². The van der Waals surface area contributed by atoms with E-state index in [0.717, 1.165) is 5.30 Å². The Morgan fingerprint density at radius 1 is 0.923 bits per heavy atom. The molecule has 2 bridgehead atoms. The molecular formula is C21H18NO3P. The lowest BCUT2D eigenvalue weighted by Gasteiger charge is -2.31. The second kappa shape index (κ2) is 5.05. The third kappa shape index (κ3) is 1.64. The summed E-state index contributed by atoms with van der Waals surface area (Å²) in [4.78, 5) is 27.8. The molecular weight excluding hydrogens is 345 g/mol. The summed E-state index contributed by atoms with van der Waals surface area (Å²) in [6, 6.07) is 18.4. The van der Waals surface area contributed by atoms with Gasteiger partial charge in [-0.3, -0.25) is 9.59 Å². The molecule has 3 aliphatic rings. The second-order valence-corrected chi connectivity index (χ2v) is 10.8. The first-order valence-corrected chi connectivity index (χ1v) is 10.6. The van der Waals surface area contributed by atoms with E-state index < -0.39 is 29.8 Å². The van der Waals surface area contributed by atoms with Crippen molar-refractivity contribution in [2.45, 2.75) is 17.7 Å². The lowest BCUT2D eigenvalue weighted by Crippen LogP contribution is -2.39. The number of benzene rings is 2. The van der Waals surface area contributed by atoms with Gasteiger partial charge in [-0.2, -0.15) is 0 Å². The number of carbonyl (C=O) groups is 2. The van der Waals surface area contributed by atoms with Crippen LogP contribution in [0.4, 0.5) is 5.69 Å². The van der Waals surface area contributed by atoms with Crippen molar-refractivity contribution in [1.29, 1.82) is 0 Å². The van der Waals surface area contributed by atoms with Gasteiger partial charge in [0.1, 0.15) is 7.14 Å². The van der Waals surface area contributed by atoms with Crippen LogP contribution in [0.2, 0.25) is 0 Å². The highest BCUT2D eigenvalue weighted by Gasteiger charge is 2.74. The van der Waals surface area contributed by atoms with Crippen LogP contribution in [0.3, 0.4) is 0 Å². The molecule has 3 aliphatic heterocycles. The fourth-order valence-electron chi connectivity index (χ4n) is 5.08. The Balaban J connectivity index is 1.65. The van der Waals surface area contributed by atoms with Crippen molar-refractivity contribution in [3.8, 4) is 0 Å². The number of para-hydroxylation sites is 1. The summed E-state index contributed by atoms with van der Waals surface area (Å²) < 4.78 is 14.2. The van der Waals surface area contributed by atoms with Crippen molar-refractivity contribution in [2.75, 3.05) is 4.90 Å². The Labute approximate surface area is 151 Å². The van der Waals surface area contributed by atoms with E-state index in [1.165, 1.54) is 4.90 Å². The highest BCUT2D eigenvalue weighted by molar-refractivity contribution is 7.75. The van der Waals surface area contributed by atoms with Gasteiger partial charge in [-0.25, -0.2) is 4.90 Å². The summed E-state index contributed by atoms with van der Waals surface area (Å²) >= 11 is 0. The zero-order chi connectivity index (χ0) is 18.1. The standard InChI is InChI=1S/C21H18NO3P/c1-21-13-12-16(26(21,25)15-10-6-3-7-11-15)17-18(21)20(24)22(19(17)23)14-8-4-2-5-9-14/h2-13,16-18H,1H3. The molecule has 3 heterocycles. The maximum Gasteiger partial charge on any atom is 0.239 e. The molecule has 2 amide bonds. The van der Waals surface area contributed by atoms with E-state index in [4.69, 9.17) is 0 Å². The van der Waals surface area contributed by atoms with E-state index in [0.29, 0.717) is 5.69 Å². The SMILES string of the molecule is CC12C=CC(C3C(=O)N(c4ccccc4)C(=O)C31)P2(=O)c1ccccc1. The molecule has 5 heteroatoms. The molecule has 2 saturated heterocycles. The minimum absolute atomic E-state index is 0.222. The monoisotopic (exact) mass is 363 g/mol. The molecule has 2 aromatic carbocycles. The molecule has 4 nitrogen and oxygen atoms in total. The largest absolute Gasteiger partial charge is 0.317 e. The van der Waals surface area contributed by atoms with Crippen LogP contribution in [0.5, 0.6) is 0 Å². The van der Waals surface area contributed by atoms with Crippen LogP contribution >= 0.6 is 7.14 Å². The fourth-order valence-corrected chi connectivity index (χ4v) is 9.31. The first-order valence-electron chi connectivity index (χ1n) is 8.78. The highest BCUT2D eigenvalue weighted by Crippen LogP contribution is 2.78. The molecule has 5 rings (SSSR count). The maximum absolute atomic E-state index is 14.2. The fraction of sp³-hybridized carbons (Fsp3) is 0.238. The smallest absolute Gasteiger partial charge is 0.239 e. The van der Waals surface area contributed by atoms with Gasteiger partial charge in [0.05, 0.1) is 22.7 Å². The lowest BCUT2D eigenvalue weighted by molar-refractivity contribution is -0.122. The number of amides is 2. The molecule has 2 fully saturated rings. The first kappa shape index (κ1) is 15.8. The van der Waals surface area contributed by atoms with Gasteiger partial charge in [0.15, 0.2) is 0 Å². The minimum atomic E-state index is -2.96. The molecule has 0 radical (unpaired) electrons. The predicted molar refractivity (Wildman–Crippen MR) is 101 cm³/mol. The van der Waals surface area contributed by atoms with Gasteiger partial charge in [-0.15, -0.1) is 0 Å². The number of hydrogen-bond donors (Lipinski definition) is 0. The normalized spacial score (nSPS) is 37.4. The molecule has 2 aromatic rings. The number of nitrogens with zero attached hydrogens (tertiary/aromatic N) is 1. The number of imide groups is 1. The van der Waals surface area contributed by atoms with Crippen LogP contribution in [0.25, 0.3) is 0 Å². The average Bonchev–Trinajstić information content (AvgIpc) is 3.17. The lowest BCUT2D eigenvalue weighted by atomic mass is 9.78. The first-order chi connectivity index (χ1) is 12.5. The number of rotatable bonds is 2. The van der Waals surface area contributed by atoms with Gasteiger partial charge < -0.3 is 4.57 Å². The molecule has 0 saturated carbocycles. The highest BCUT2D eigenvalue weighted by atomic mass is 31.2. The van der Waals surface area contributed by atoms with Crippen molar-refractivity contribution >= 4 is 29.9 Å². The third-order valence-corrected chi connectivity index (χ3v) is 10.5. The minimum Gasteiger partial charge on any atom is -0.317 e. The van der Waals surface area contributed by atoms with Crippen LogP contribution in [-0.4, -0.2) is 22.6 Å². The summed E-state index contributed by atoms with van der Waals surface area (Å²) in [6.45, 7) is 1.89. The summed E-state index contributed by atoms with van der Waals surface area (Å²) in [5.74, 6) is -1.54. The molecule has 26 heavy (non-hydrogen) atoms. The third-order valence-electron chi connectivity index (χ3n) is 6.27. The number of allylic oxidation sites excluding steroid dienone is 2. The quantitative estimate of drug-likeness (QED) is 0.468. The summed E-state index contributed by atoms with van der Waals surface area (Å²) in [5.41, 5.74) is 0.194. The Kier molecular flexibility index (Phi) is 3.06. The van der Waals surface area contributed by atoms with Crippen LogP contribution in [0.15, 0.2) is 72.8 Å². The zero-order valence-electron chi connectivity index (χ0n) is 14.3. The van der Waals surface area contributed by atoms with E-state index in [2.05, 4.69) is 0 Å². The molecule has 0 N–H and O–H groups in total. The molecule has 5 atom stereocenters. The number of fused-ring (bicyclic) bond motifs is 5. The Hall–Kier alpha value is -2.45. The number of carbonyl (C=O) groups excluding carboxylic acids is 2.